The average Bonchev–Trinajstić information content (AvgIpc) is 2.71. The Morgan fingerprint density at radius 3 is 1.76 bits per heavy atom. The van der Waals surface area contributed by atoms with Crippen LogP contribution < -0.4 is 0 Å². The molecule has 1 aromatic carbocycles. The van der Waals surface area contributed by atoms with E-state index in [-0.39, 0.29) is 5.97 Å². The highest BCUT2D eigenvalue weighted by Gasteiger charge is 2.12. The molecule has 0 amide bonds. The molecule has 0 saturated heterocycles. The van der Waals surface area contributed by atoms with Crippen LogP contribution in [0.4, 0.5) is 0 Å². The molecule has 0 aromatic heterocycles. The zero-order valence-electron chi connectivity index (χ0n) is 18.7. The predicted octanol–water partition coefficient (Wildman–Crippen LogP) is 6.97. The van der Waals surface area contributed by atoms with Crippen LogP contribution in [-0.2, 0) is 9.47 Å². The van der Waals surface area contributed by atoms with E-state index in [0.717, 1.165) is 19.3 Å². The summed E-state index contributed by atoms with van der Waals surface area (Å²) in [6.45, 7) is 7.23. The Kier molecular flexibility index (Phi) is 13.9. The van der Waals surface area contributed by atoms with Gasteiger partial charge in [-0.1, -0.05) is 84.6 Å². The third kappa shape index (κ3) is 12.4. The van der Waals surface area contributed by atoms with E-state index in [0.29, 0.717) is 30.3 Å². The van der Waals surface area contributed by atoms with Crippen LogP contribution in [0.2, 0.25) is 0 Å². The van der Waals surface area contributed by atoms with Crippen LogP contribution in [0.1, 0.15) is 112 Å². The lowest BCUT2D eigenvalue weighted by molar-refractivity contribution is 0.0488. The first-order chi connectivity index (χ1) is 14.0. The van der Waals surface area contributed by atoms with Gasteiger partial charge in [-0.25, -0.2) is 9.59 Å². The molecule has 0 saturated carbocycles. The minimum absolute atomic E-state index is 0.377. The number of hydrogen-bond donors (Lipinski definition) is 0. The van der Waals surface area contributed by atoms with E-state index in [4.69, 9.17) is 9.47 Å². The van der Waals surface area contributed by atoms with Gasteiger partial charge in [0.1, 0.15) is 0 Å². The van der Waals surface area contributed by atoms with Crippen LogP contribution >= 0.6 is 0 Å². The van der Waals surface area contributed by atoms with Crippen LogP contribution in [0.15, 0.2) is 24.3 Å². The molecule has 1 rings (SSSR count). The number of rotatable bonds is 16. The van der Waals surface area contributed by atoms with Crippen LogP contribution in [0.5, 0.6) is 0 Å². The van der Waals surface area contributed by atoms with E-state index in [1.54, 1.807) is 24.3 Å². The molecule has 0 atom stereocenters. The highest BCUT2D eigenvalue weighted by molar-refractivity contribution is 5.95. The Morgan fingerprint density at radius 2 is 1.24 bits per heavy atom. The Balaban J connectivity index is 2.19. The number of unbranched alkanes of at least 4 members (excludes halogenated alkanes) is 9. The second-order valence-electron chi connectivity index (χ2n) is 8.22. The lowest BCUT2D eigenvalue weighted by Gasteiger charge is -2.08. The third-order valence-electron chi connectivity index (χ3n) is 4.99. The summed E-state index contributed by atoms with van der Waals surface area (Å²) in [4.78, 5) is 24.3. The van der Waals surface area contributed by atoms with Gasteiger partial charge in [0.2, 0.25) is 0 Å². The maximum absolute atomic E-state index is 12.2. The van der Waals surface area contributed by atoms with Crippen molar-refractivity contribution in [2.45, 2.75) is 91.4 Å². The molecular formula is C25H40O4. The second-order valence-corrected chi connectivity index (χ2v) is 8.22. The van der Waals surface area contributed by atoms with Crippen LogP contribution in [0, 0.1) is 5.92 Å². The lowest BCUT2D eigenvalue weighted by atomic mass is 10.1. The first kappa shape index (κ1) is 25.2. The van der Waals surface area contributed by atoms with Crippen molar-refractivity contribution in [1.29, 1.82) is 0 Å². The van der Waals surface area contributed by atoms with Crippen LogP contribution in [-0.4, -0.2) is 25.2 Å². The van der Waals surface area contributed by atoms with Crippen LogP contribution in [0.25, 0.3) is 0 Å². The van der Waals surface area contributed by atoms with Crippen molar-refractivity contribution in [3.63, 3.8) is 0 Å². The highest BCUT2D eigenvalue weighted by atomic mass is 16.5. The molecule has 0 unspecified atom stereocenters. The summed E-state index contributed by atoms with van der Waals surface area (Å²) in [5, 5.41) is 0. The van der Waals surface area contributed by atoms with E-state index in [1.807, 2.05) is 0 Å². The highest BCUT2D eigenvalue weighted by Crippen LogP contribution is 2.12. The van der Waals surface area contributed by atoms with Gasteiger partial charge in [-0.05, 0) is 37.0 Å². The van der Waals surface area contributed by atoms with Gasteiger partial charge in [0.05, 0.1) is 24.3 Å². The summed E-state index contributed by atoms with van der Waals surface area (Å²) in [6.07, 6.45) is 13.3. The monoisotopic (exact) mass is 404 g/mol. The van der Waals surface area contributed by atoms with Gasteiger partial charge in [0.15, 0.2) is 0 Å². The molecule has 0 heterocycles. The fourth-order valence-electron chi connectivity index (χ4n) is 3.08. The summed E-state index contributed by atoms with van der Waals surface area (Å²) in [7, 11) is 0. The molecule has 1 aromatic rings. The van der Waals surface area contributed by atoms with Gasteiger partial charge in [-0.2, -0.15) is 0 Å². The van der Waals surface area contributed by atoms with Crippen molar-refractivity contribution in [1.82, 2.24) is 0 Å². The summed E-state index contributed by atoms with van der Waals surface area (Å²) < 4.78 is 10.6. The second kappa shape index (κ2) is 16.0. The minimum atomic E-state index is -0.394. The lowest BCUT2D eigenvalue weighted by Crippen LogP contribution is -2.11. The van der Waals surface area contributed by atoms with Crippen LogP contribution in [0.3, 0.4) is 0 Å². The van der Waals surface area contributed by atoms with Crippen molar-refractivity contribution >= 4 is 11.9 Å². The van der Waals surface area contributed by atoms with Gasteiger partial charge in [-0.15, -0.1) is 0 Å². The molecule has 0 spiro atoms. The van der Waals surface area contributed by atoms with E-state index < -0.39 is 5.97 Å². The van der Waals surface area contributed by atoms with E-state index in [1.165, 1.54) is 51.4 Å². The van der Waals surface area contributed by atoms with Crippen molar-refractivity contribution < 1.29 is 19.1 Å². The smallest absolute Gasteiger partial charge is 0.338 e. The molecule has 0 aliphatic carbocycles. The van der Waals surface area contributed by atoms with E-state index in [2.05, 4.69) is 20.8 Å². The Morgan fingerprint density at radius 1 is 0.759 bits per heavy atom. The molecule has 0 aliphatic heterocycles. The normalized spacial score (nSPS) is 10.9. The zero-order valence-corrected chi connectivity index (χ0v) is 18.7. The molecule has 29 heavy (non-hydrogen) atoms. The Labute approximate surface area is 177 Å². The summed E-state index contributed by atoms with van der Waals surface area (Å²) in [5.41, 5.74) is 0.789. The fourth-order valence-corrected chi connectivity index (χ4v) is 3.08. The number of carbonyl (C=O) groups is 2. The molecule has 4 heteroatoms. The Bertz CT molecular complexity index is 580. The number of ether oxygens (including phenoxy) is 2. The predicted molar refractivity (Wildman–Crippen MR) is 118 cm³/mol. The molecule has 0 bridgehead atoms. The average molecular weight is 405 g/mol. The minimum Gasteiger partial charge on any atom is -0.462 e. The first-order valence-corrected chi connectivity index (χ1v) is 11.5. The summed E-state index contributed by atoms with van der Waals surface area (Å²) in [6, 6.07) is 6.58. The molecule has 0 N–H and O–H groups in total. The maximum atomic E-state index is 12.2. The van der Waals surface area contributed by atoms with Gasteiger partial charge >= 0.3 is 11.9 Å². The van der Waals surface area contributed by atoms with Gasteiger partial charge in [0, 0.05) is 0 Å². The van der Waals surface area contributed by atoms with Crippen molar-refractivity contribution in [3.05, 3.63) is 35.4 Å². The molecule has 0 fully saturated rings. The van der Waals surface area contributed by atoms with Gasteiger partial charge < -0.3 is 9.47 Å². The van der Waals surface area contributed by atoms with Gasteiger partial charge in [-0.3, -0.25) is 0 Å². The number of carbonyl (C=O) groups excluding carboxylic acids is 2. The quantitative estimate of drug-likeness (QED) is 0.220. The van der Waals surface area contributed by atoms with Crippen molar-refractivity contribution in [2.75, 3.05) is 13.2 Å². The van der Waals surface area contributed by atoms with Crippen molar-refractivity contribution in [3.8, 4) is 0 Å². The number of benzene rings is 1. The molecule has 0 aliphatic rings. The number of esters is 2. The third-order valence-corrected chi connectivity index (χ3v) is 4.99. The first-order valence-electron chi connectivity index (χ1n) is 11.5. The summed E-state index contributed by atoms with van der Waals surface area (Å²) >= 11 is 0. The van der Waals surface area contributed by atoms with Crippen molar-refractivity contribution in [2.24, 2.45) is 5.92 Å². The molecule has 164 valence electrons. The van der Waals surface area contributed by atoms with E-state index >= 15 is 0 Å². The largest absolute Gasteiger partial charge is 0.462 e. The zero-order chi connectivity index (χ0) is 21.3. The Hall–Kier alpha value is -1.84. The topological polar surface area (TPSA) is 52.6 Å². The molecule has 0 radical (unpaired) electrons. The molecule has 4 nitrogen and oxygen atoms in total. The summed E-state index contributed by atoms with van der Waals surface area (Å²) in [5.74, 6) is -0.289. The standard InChI is InChI=1S/C25H40O4/c1-4-5-6-7-8-9-10-11-12-13-18-28-24(26)22-15-14-16-23(20-22)25(27)29-19-17-21(2)3/h14-16,20-21H,4-13,17-19H2,1-3H3. The SMILES string of the molecule is CCCCCCCCCCCCOC(=O)c1cccc(C(=O)OCCC(C)C)c1. The van der Waals surface area contributed by atoms with Gasteiger partial charge in [0.25, 0.3) is 0 Å². The number of hydrogen-bond acceptors (Lipinski definition) is 4. The maximum Gasteiger partial charge on any atom is 0.338 e. The molecular weight excluding hydrogens is 364 g/mol. The van der Waals surface area contributed by atoms with E-state index in [9.17, 15) is 9.59 Å². The fraction of sp³-hybridized carbons (Fsp3) is 0.680.